The molecule has 0 aliphatic carbocycles. The smallest absolute Gasteiger partial charge is 0.273 e. The van der Waals surface area contributed by atoms with E-state index in [1.807, 2.05) is 30.3 Å². The third kappa shape index (κ3) is 3.80. The van der Waals surface area contributed by atoms with Crippen molar-refractivity contribution in [1.29, 1.82) is 0 Å². The van der Waals surface area contributed by atoms with E-state index in [4.69, 9.17) is 0 Å². The van der Waals surface area contributed by atoms with Crippen molar-refractivity contribution in [2.24, 2.45) is 0 Å². The first kappa shape index (κ1) is 16.6. The maximum absolute atomic E-state index is 12.3. The van der Waals surface area contributed by atoms with Crippen molar-refractivity contribution in [2.45, 2.75) is 18.9 Å². The zero-order valence-electron chi connectivity index (χ0n) is 13.3. The number of carbonyl (C=O) groups is 1. The molecule has 2 aromatic rings. The van der Waals surface area contributed by atoms with Crippen molar-refractivity contribution < 1.29 is 13.2 Å². The van der Waals surface area contributed by atoms with Crippen molar-refractivity contribution in [1.82, 2.24) is 24.6 Å². The van der Waals surface area contributed by atoms with Crippen LogP contribution in [0.5, 0.6) is 0 Å². The zero-order valence-corrected chi connectivity index (χ0v) is 14.1. The highest BCUT2D eigenvalue weighted by molar-refractivity contribution is 7.88. The normalized spacial score (nSPS) is 16.9. The van der Waals surface area contributed by atoms with Crippen molar-refractivity contribution >= 4 is 15.9 Å². The first-order valence-corrected chi connectivity index (χ1v) is 9.52. The Bertz CT molecular complexity index is 811. The van der Waals surface area contributed by atoms with Crippen LogP contribution < -0.4 is 5.32 Å². The standard InChI is InChI=1S/C15H19N5O3S/c1-24(22,23)19-9-7-12(8-10-19)16-15(21)14-11-20(18-17-14)13-5-3-2-4-6-13/h2-6,11-12H,7-10H2,1H3,(H,16,21). The van der Waals surface area contributed by atoms with Gasteiger partial charge in [0.2, 0.25) is 10.0 Å². The fourth-order valence-corrected chi connectivity index (χ4v) is 3.54. The van der Waals surface area contributed by atoms with Gasteiger partial charge in [0.15, 0.2) is 5.69 Å². The topological polar surface area (TPSA) is 97.2 Å². The number of piperidine rings is 1. The maximum atomic E-state index is 12.3. The molecule has 1 N–H and O–H groups in total. The molecule has 0 unspecified atom stereocenters. The Morgan fingerprint density at radius 2 is 1.88 bits per heavy atom. The van der Waals surface area contributed by atoms with Gasteiger partial charge in [0, 0.05) is 19.1 Å². The van der Waals surface area contributed by atoms with Gasteiger partial charge < -0.3 is 5.32 Å². The Labute approximate surface area is 140 Å². The lowest BCUT2D eigenvalue weighted by atomic mass is 10.1. The van der Waals surface area contributed by atoms with E-state index in [2.05, 4.69) is 15.6 Å². The number of rotatable bonds is 4. The summed E-state index contributed by atoms with van der Waals surface area (Å²) in [6.45, 7) is 0.834. The van der Waals surface area contributed by atoms with Gasteiger partial charge in [-0.15, -0.1) is 5.10 Å². The van der Waals surface area contributed by atoms with E-state index in [0.29, 0.717) is 25.9 Å². The summed E-state index contributed by atoms with van der Waals surface area (Å²) in [6, 6.07) is 9.35. The Kier molecular flexibility index (Phi) is 4.63. The summed E-state index contributed by atoms with van der Waals surface area (Å²) in [5.74, 6) is -0.296. The van der Waals surface area contributed by atoms with Crippen LogP contribution in [0.3, 0.4) is 0 Å². The number of hydrogen-bond acceptors (Lipinski definition) is 5. The fourth-order valence-electron chi connectivity index (χ4n) is 2.67. The number of nitrogens with one attached hydrogen (secondary N) is 1. The average molecular weight is 349 g/mol. The Hall–Kier alpha value is -2.26. The molecule has 3 rings (SSSR count). The Morgan fingerprint density at radius 3 is 2.50 bits per heavy atom. The summed E-state index contributed by atoms with van der Waals surface area (Å²) >= 11 is 0. The average Bonchev–Trinajstić information content (AvgIpc) is 3.05. The van der Waals surface area contributed by atoms with Crippen LogP contribution in [0.15, 0.2) is 36.5 Å². The van der Waals surface area contributed by atoms with Crippen LogP contribution in [0.25, 0.3) is 5.69 Å². The minimum atomic E-state index is -3.16. The monoisotopic (exact) mass is 349 g/mol. The number of amides is 1. The molecular formula is C15H19N5O3S. The van der Waals surface area contributed by atoms with Gasteiger partial charge in [0.05, 0.1) is 18.1 Å². The van der Waals surface area contributed by atoms with E-state index in [-0.39, 0.29) is 17.6 Å². The zero-order chi connectivity index (χ0) is 17.2. The van der Waals surface area contributed by atoms with Crippen LogP contribution in [0.2, 0.25) is 0 Å². The van der Waals surface area contributed by atoms with Gasteiger partial charge in [-0.05, 0) is 25.0 Å². The van der Waals surface area contributed by atoms with Crippen LogP contribution >= 0.6 is 0 Å². The molecule has 1 aliphatic rings. The van der Waals surface area contributed by atoms with Gasteiger partial charge in [-0.2, -0.15) is 0 Å². The van der Waals surface area contributed by atoms with Crippen molar-refractivity contribution in [3.63, 3.8) is 0 Å². The molecule has 0 saturated carbocycles. The largest absolute Gasteiger partial charge is 0.348 e. The summed E-state index contributed by atoms with van der Waals surface area (Å²) < 4.78 is 26.0. The van der Waals surface area contributed by atoms with Gasteiger partial charge in [-0.1, -0.05) is 23.4 Å². The Balaban J connectivity index is 1.60. The summed E-state index contributed by atoms with van der Waals surface area (Å²) in [5, 5.41) is 10.8. The number of nitrogens with zero attached hydrogens (tertiary/aromatic N) is 4. The van der Waals surface area contributed by atoms with Gasteiger partial charge in [0.1, 0.15) is 0 Å². The molecule has 1 aromatic carbocycles. The molecule has 8 nitrogen and oxygen atoms in total. The Morgan fingerprint density at radius 1 is 1.21 bits per heavy atom. The highest BCUT2D eigenvalue weighted by atomic mass is 32.2. The number of benzene rings is 1. The highest BCUT2D eigenvalue weighted by Crippen LogP contribution is 2.14. The molecule has 24 heavy (non-hydrogen) atoms. The van der Waals surface area contributed by atoms with Gasteiger partial charge in [-0.25, -0.2) is 17.4 Å². The van der Waals surface area contributed by atoms with E-state index in [9.17, 15) is 13.2 Å². The van der Waals surface area contributed by atoms with Crippen LogP contribution in [0, 0.1) is 0 Å². The summed E-state index contributed by atoms with van der Waals surface area (Å²) in [4.78, 5) is 12.3. The molecular weight excluding hydrogens is 330 g/mol. The van der Waals surface area contributed by atoms with E-state index in [0.717, 1.165) is 5.69 Å². The number of hydrogen-bond donors (Lipinski definition) is 1. The molecule has 1 aromatic heterocycles. The summed E-state index contributed by atoms with van der Waals surface area (Å²) in [7, 11) is -3.16. The van der Waals surface area contributed by atoms with Crippen LogP contribution in [0.1, 0.15) is 23.3 Å². The molecule has 128 valence electrons. The predicted molar refractivity (Wildman–Crippen MR) is 88.3 cm³/mol. The van der Waals surface area contributed by atoms with E-state index in [1.165, 1.54) is 10.6 Å². The SMILES string of the molecule is CS(=O)(=O)N1CCC(NC(=O)c2cn(-c3ccccc3)nn2)CC1. The van der Waals surface area contributed by atoms with Crippen molar-refractivity contribution in [3.05, 3.63) is 42.2 Å². The van der Waals surface area contributed by atoms with E-state index < -0.39 is 10.0 Å². The second-order valence-corrected chi connectivity index (χ2v) is 7.78. The van der Waals surface area contributed by atoms with Gasteiger partial charge >= 0.3 is 0 Å². The molecule has 0 atom stereocenters. The van der Waals surface area contributed by atoms with E-state index in [1.54, 1.807) is 10.9 Å². The number of para-hydroxylation sites is 1. The molecule has 1 saturated heterocycles. The third-order valence-electron chi connectivity index (χ3n) is 4.00. The molecule has 2 heterocycles. The molecule has 9 heteroatoms. The lowest BCUT2D eigenvalue weighted by Crippen LogP contribution is -2.46. The quantitative estimate of drug-likeness (QED) is 0.863. The minimum Gasteiger partial charge on any atom is -0.348 e. The first-order valence-electron chi connectivity index (χ1n) is 7.67. The van der Waals surface area contributed by atoms with E-state index >= 15 is 0 Å². The summed E-state index contributed by atoms with van der Waals surface area (Å²) in [5.41, 5.74) is 1.06. The van der Waals surface area contributed by atoms with Crippen molar-refractivity contribution in [2.75, 3.05) is 19.3 Å². The molecule has 1 aliphatic heterocycles. The molecule has 0 bridgehead atoms. The van der Waals surface area contributed by atoms with Crippen LogP contribution in [0.4, 0.5) is 0 Å². The molecule has 0 radical (unpaired) electrons. The maximum Gasteiger partial charge on any atom is 0.273 e. The fraction of sp³-hybridized carbons (Fsp3) is 0.400. The lowest BCUT2D eigenvalue weighted by molar-refractivity contribution is 0.0918. The second kappa shape index (κ2) is 6.70. The number of sulfonamides is 1. The van der Waals surface area contributed by atoms with Gasteiger partial charge in [-0.3, -0.25) is 4.79 Å². The summed E-state index contributed by atoms with van der Waals surface area (Å²) in [6.07, 6.45) is 3.96. The number of carbonyl (C=O) groups excluding carboxylic acids is 1. The highest BCUT2D eigenvalue weighted by Gasteiger charge is 2.26. The number of aromatic nitrogens is 3. The molecule has 1 amide bonds. The third-order valence-corrected chi connectivity index (χ3v) is 5.31. The predicted octanol–water partition coefficient (Wildman–Crippen LogP) is 0.421. The first-order chi connectivity index (χ1) is 11.4. The minimum absolute atomic E-state index is 0.0580. The van der Waals surface area contributed by atoms with Crippen LogP contribution in [-0.2, 0) is 10.0 Å². The van der Waals surface area contributed by atoms with Crippen LogP contribution in [-0.4, -0.2) is 59.0 Å². The lowest BCUT2D eigenvalue weighted by Gasteiger charge is -2.30. The second-order valence-electron chi connectivity index (χ2n) is 5.79. The van der Waals surface area contributed by atoms with Gasteiger partial charge in [0.25, 0.3) is 5.91 Å². The molecule has 0 spiro atoms. The van der Waals surface area contributed by atoms with Crippen molar-refractivity contribution in [3.8, 4) is 5.69 Å². The molecule has 1 fully saturated rings.